The molecule has 0 aliphatic heterocycles. The minimum atomic E-state index is -0.0799. The first-order valence-electron chi connectivity index (χ1n) is 8.87. The first kappa shape index (κ1) is 16.7. The van der Waals surface area contributed by atoms with Crippen LogP contribution in [0.4, 0.5) is 0 Å². The number of benzene rings is 1. The van der Waals surface area contributed by atoms with Crippen molar-refractivity contribution in [1.82, 2.24) is 14.7 Å². The van der Waals surface area contributed by atoms with Crippen molar-refractivity contribution in [3.63, 3.8) is 0 Å². The predicted octanol–water partition coefficient (Wildman–Crippen LogP) is 2.97. The summed E-state index contributed by atoms with van der Waals surface area (Å²) in [6.45, 7) is 0.497. The maximum atomic E-state index is 12.6. The minimum absolute atomic E-state index is 0.0799. The number of rotatable bonds is 4. The van der Waals surface area contributed by atoms with E-state index in [1.54, 1.807) is 10.7 Å². The van der Waals surface area contributed by atoms with Crippen LogP contribution in [-0.2, 0) is 11.3 Å². The van der Waals surface area contributed by atoms with E-state index < -0.39 is 0 Å². The second-order valence-corrected chi connectivity index (χ2v) is 6.65. The summed E-state index contributed by atoms with van der Waals surface area (Å²) in [6, 6.07) is 7.79. The smallest absolute Gasteiger partial charge is 0.224 e. The predicted molar refractivity (Wildman–Crippen MR) is 94.9 cm³/mol. The van der Waals surface area contributed by atoms with E-state index in [0.717, 1.165) is 18.4 Å². The standard InChI is InChI=1S/C19H25N3O2/c1-21(15-8-4-2-3-5-9-15)19(24)12-13-22-17-11-7-6-10-16(17)18(23)14-20-22/h6-7,10-11,14-15H,2-5,8-9,12-13H2,1H3. The lowest BCUT2D eigenvalue weighted by molar-refractivity contribution is -0.132. The van der Waals surface area contributed by atoms with Gasteiger partial charge in [-0.15, -0.1) is 0 Å². The van der Waals surface area contributed by atoms with Crippen LogP contribution in [0.3, 0.4) is 0 Å². The van der Waals surface area contributed by atoms with Crippen LogP contribution in [0.25, 0.3) is 10.9 Å². The van der Waals surface area contributed by atoms with Crippen LogP contribution in [-0.4, -0.2) is 33.7 Å². The normalized spacial score (nSPS) is 16.0. The molecule has 1 amide bonds. The molecule has 128 valence electrons. The maximum Gasteiger partial charge on any atom is 0.224 e. The quantitative estimate of drug-likeness (QED) is 0.811. The van der Waals surface area contributed by atoms with Crippen molar-refractivity contribution in [1.29, 1.82) is 0 Å². The number of nitrogens with zero attached hydrogens (tertiary/aromatic N) is 3. The topological polar surface area (TPSA) is 55.2 Å². The van der Waals surface area contributed by atoms with Crippen molar-refractivity contribution >= 4 is 16.8 Å². The minimum Gasteiger partial charge on any atom is -0.343 e. The van der Waals surface area contributed by atoms with E-state index in [0.29, 0.717) is 24.4 Å². The summed E-state index contributed by atoms with van der Waals surface area (Å²) in [5, 5.41) is 4.85. The SMILES string of the molecule is CN(C(=O)CCn1ncc(=O)c2ccccc21)C1CCCCCC1. The fraction of sp³-hybridized carbons (Fsp3) is 0.526. The largest absolute Gasteiger partial charge is 0.343 e. The van der Waals surface area contributed by atoms with E-state index in [-0.39, 0.29) is 11.3 Å². The molecule has 1 aromatic heterocycles. The third kappa shape index (κ3) is 3.66. The highest BCUT2D eigenvalue weighted by molar-refractivity contribution is 5.79. The molecular formula is C19H25N3O2. The molecule has 5 nitrogen and oxygen atoms in total. The van der Waals surface area contributed by atoms with Gasteiger partial charge in [0.05, 0.1) is 18.3 Å². The summed E-state index contributed by atoms with van der Waals surface area (Å²) >= 11 is 0. The Labute approximate surface area is 142 Å². The van der Waals surface area contributed by atoms with E-state index in [2.05, 4.69) is 5.10 Å². The van der Waals surface area contributed by atoms with Crippen LogP contribution in [0.1, 0.15) is 44.9 Å². The number of hydrogen-bond acceptors (Lipinski definition) is 3. The second kappa shape index (κ2) is 7.60. The third-order valence-electron chi connectivity index (χ3n) is 5.07. The van der Waals surface area contributed by atoms with Crippen molar-refractivity contribution in [2.75, 3.05) is 7.05 Å². The molecule has 5 heteroatoms. The molecule has 0 bridgehead atoms. The van der Waals surface area contributed by atoms with Crippen molar-refractivity contribution in [2.45, 2.75) is 57.5 Å². The second-order valence-electron chi connectivity index (χ2n) is 6.65. The van der Waals surface area contributed by atoms with Gasteiger partial charge in [-0.2, -0.15) is 5.10 Å². The number of amides is 1. The van der Waals surface area contributed by atoms with E-state index in [4.69, 9.17) is 0 Å². The number of carbonyl (C=O) groups excluding carboxylic acids is 1. The van der Waals surface area contributed by atoms with Gasteiger partial charge in [-0.25, -0.2) is 0 Å². The summed E-state index contributed by atoms with van der Waals surface area (Å²) in [5.74, 6) is 0.159. The zero-order valence-corrected chi connectivity index (χ0v) is 14.3. The highest BCUT2D eigenvalue weighted by Crippen LogP contribution is 2.21. The number of carbonyl (C=O) groups is 1. The molecule has 1 saturated carbocycles. The van der Waals surface area contributed by atoms with Crippen molar-refractivity contribution < 1.29 is 4.79 Å². The molecule has 0 atom stereocenters. The lowest BCUT2D eigenvalue weighted by Crippen LogP contribution is -2.37. The van der Waals surface area contributed by atoms with Gasteiger partial charge in [-0.1, -0.05) is 37.8 Å². The van der Waals surface area contributed by atoms with Crippen LogP contribution >= 0.6 is 0 Å². The number of hydrogen-bond donors (Lipinski definition) is 0. The highest BCUT2D eigenvalue weighted by atomic mass is 16.2. The Bertz CT molecular complexity index is 761. The van der Waals surface area contributed by atoms with Crippen molar-refractivity contribution in [3.8, 4) is 0 Å². The Morgan fingerprint density at radius 3 is 2.67 bits per heavy atom. The summed E-state index contributed by atoms with van der Waals surface area (Å²) in [4.78, 5) is 26.3. The van der Waals surface area contributed by atoms with Gasteiger partial charge in [0.15, 0.2) is 0 Å². The Hall–Kier alpha value is -2.17. The van der Waals surface area contributed by atoms with Crippen molar-refractivity contribution in [3.05, 3.63) is 40.7 Å². The lowest BCUT2D eigenvalue weighted by atomic mass is 10.1. The lowest BCUT2D eigenvalue weighted by Gasteiger charge is -2.27. The van der Waals surface area contributed by atoms with E-state index >= 15 is 0 Å². The van der Waals surface area contributed by atoms with Gasteiger partial charge in [-0.05, 0) is 25.0 Å². The van der Waals surface area contributed by atoms with Gasteiger partial charge in [0.25, 0.3) is 0 Å². The Kier molecular flexibility index (Phi) is 5.28. The van der Waals surface area contributed by atoms with Crippen LogP contribution in [0.5, 0.6) is 0 Å². The molecule has 0 radical (unpaired) electrons. The summed E-state index contributed by atoms with van der Waals surface area (Å²) in [7, 11) is 1.93. The monoisotopic (exact) mass is 327 g/mol. The van der Waals surface area contributed by atoms with Gasteiger partial charge < -0.3 is 4.90 Å². The van der Waals surface area contributed by atoms with Crippen LogP contribution in [0, 0.1) is 0 Å². The van der Waals surface area contributed by atoms with Gasteiger partial charge in [0.2, 0.25) is 11.3 Å². The Balaban J connectivity index is 1.68. The number of para-hydroxylation sites is 1. The van der Waals surface area contributed by atoms with Crippen LogP contribution in [0.2, 0.25) is 0 Å². The first-order chi connectivity index (χ1) is 11.7. The Morgan fingerprint density at radius 1 is 1.21 bits per heavy atom. The molecule has 0 N–H and O–H groups in total. The summed E-state index contributed by atoms with van der Waals surface area (Å²) < 4.78 is 1.76. The zero-order chi connectivity index (χ0) is 16.9. The van der Waals surface area contributed by atoms with Gasteiger partial charge in [0, 0.05) is 24.9 Å². The average molecular weight is 327 g/mol. The fourth-order valence-electron chi connectivity index (χ4n) is 3.57. The van der Waals surface area contributed by atoms with Crippen molar-refractivity contribution in [2.24, 2.45) is 0 Å². The fourth-order valence-corrected chi connectivity index (χ4v) is 3.57. The number of aromatic nitrogens is 2. The molecular weight excluding hydrogens is 302 g/mol. The molecule has 3 rings (SSSR count). The number of aryl methyl sites for hydroxylation is 1. The van der Waals surface area contributed by atoms with E-state index in [1.807, 2.05) is 30.1 Å². The van der Waals surface area contributed by atoms with E-state index in [1.165, 1.54) is 31.9 Å². The molecule has 0 saturated heterocycles. The molecule has 0 unspecified atom stereocenters. The molecule has 24 heavy (non-hydrogen) atoms. The molecule has 1 aliphatic rings. The molecule has 1 aromatic carbocycles. The van der Waals surface area contributed by atoms with Gasteiger partial charge in [-0.3, -0.25) is 14.3 Å². The van der Waals surface area contributed by atoms with Crippen LogP contribution < -0.4 is 5.43 Å². The average Bonchev–Trinajstić information content (AvgIpc) is 2.90. The molecule has 1 fully saturated rings. The summed E-state index contributed by atoms with van der Waals surface area (Å²) in [6.07, 6.45) is 8.97. The summed E-state index contributed by atoms with van der Waals surface area (Å²) in [5.41, 5.74) is 0.707. The van der Waals surface area contributed by atoms with Gasteiger partial charge in [0.1, 0.15) is 0 Å². The van der Waals surface area contributed by atoms with E-state index in [9.17, 15) is 9.59 Å². The molecule has 1 heterocycles. The maximum absolute atomic E-state index is 12.6. The van der Waals surface area contributed by atoms with Crippen LogP contribution in [0.15, 0.2) is 35.3 Å². The first-order valence-corrected chi connectivity index (χ1v) is 8.87. The molecule has 0 spiro atoms. The Morgan fingerprint density at radius 2 is 1.92 bits per heavy atom. The number of fused-ring (bicyclic) bond motifs is 1. The van der Waals surface area contributed by atoms with Gasteiger partial charge >= 0.3 is 0 Å². The molecule has 1 aliphatic carbocycles. The third-order valence-corrected chi connectivity index (χ3v) is 5.07. The zero-order valence-electron chi connectivity index (χ0n) is 14.3. The molecule has 2 aromatic rings. The highest BCUT2D eigenvalue weighted by Gasteiger charge is 2.21.